The van der Waals surface area contributed by atoms with Gasteiger partial charge in [-0.15, -0.1) is 0 Å². The summed E-state index contributed by atoms with van der Waals surface area (Å²) in [6.07, 6.45) is -0.384. The molecule has 4 nitrogen and oxygen atoms in total. The van der Waals surface area contributed by atoms with Gasteiger partial charge in [-0.25, -0.2) is 4.79 Å². The lowest BCUT2D eigenvalue weighted by atomic mass is 9.76. The third kappa shape index (κ3) is 4.10. The molecule has 1 fully saturated rings. The van der Waals surface area contributed by atoms with Gasteiger partial charge in [0.2, 0.25) is 0 Å². The Bertz CT molecular complexity index is 970. The maximum atomic E-state index is 12.9. The Morgan fingerprint density at radius 2 is 1.76 bits per heavy atom. The van der Waals surface area contributed by atoms with Crippen LogP contribution in [0.3, 0.4) is 0 Å². The Hall–Kier alpha value is -2.17. The largest absolute Gasteiger partial charge is 0.416 e. The van der Waals surface area contributed by atoms with Crippen LogP contribution in [0.2, 0.25) is 10.2 Å². The molecule has 1 aromatic carbocycles. The van der Waals surface area contributed by atoms with Crippen molar-refractivity contribution in [3.05, 3.63) is 45.6 Å². The predicted molar refractivity (Wildman–Crippen MR) is 102 cm³/mol. The van der Waals surface area contributed by atoms with E-state index >= 15 is 0 Å². The normalized spacial score (nSPS) is 16.3. The number of nitrogens with zero attached hydrogens (tertiary/aromatic N) is 2. The standard InChI is InChI=1S/C20H17Cl2F3N2O2/c1-19(9-3-2-4-10-19)18(28)29-27-16(14(11-26)15(21)17(27)22)12-5-7-13(8-6-12)20(23,24)25/h5-8H,2-4,9-10H2,1H3. The average Bonchev–Trinajstić information content (AvgIpc) is 2.92. The van der Waals surface area contributed by atoms with Crippen LogP contribution in [-0.2, 0) is 11.0 Å². The number of alkyl halides is 3. The minimum absolute atomic E-state index is 0.0315. The van der Waals surface area contributed by atoms with Crippen LogP contribution in [0.5, 0.6) is 0 Å². The summed E-state index contributed by atoms with van der Waals surface area (Å²) < 4.78 is 39.5. The van der Waals surface area contributed by atoms with Crippen molar-refractivity contribution in [3.63, 3.8) is 0 Å². The first kappa shape index (κ1) is 21.5. The molecule has 0 radical (unpaired) electrons. The van der Waals surface area contributed by atoms with Crippen LogP contribution in [-0.4, -0.2) is 10.7 Å². The van der Waals surface area contributed by atoms with Gasteiger partial charge in [0.1, 0.15) is 17.3 Å². The summed E-state index contributed by atoms with van der Waals surface area (Å²) in [6, 6.07) is 5.99. The third-order valence-electron chi connectivity index (χ3n) is 5.24. The van der Waals surface area contributed by atoms with Crippen LogP contribution in [0.15, 0.2) is 24.3 Å². The van der Waals surface area contributed by atoms with Crippen molar-refractivity contribution in [1.29, 1.82) is 5.26 Å². The quantitative estimate of drug-likeness (QED) is 0.559. The van der Waals surface area contributed by atoms with Crippen LogP contribution in [0.1, 0.15) is 50.2 Å². The molecule has 2 aromatic rings. The van der Waals surface area contributed by atoms with Gasteiger partial charge in [-0.1, -0.05) is 54.6 Å². The van der Waals surface area contributed by atoms with Crippen LogP contribution in [0.4, 0.5) is 13.2 Å². The van der Waals surface area contributed by atoms with E-state index in [1.807, 2.05) is 6.07 Å². The van der Waals surface area contributed by atoms with Crippen molar-refractivity contribution in [2.45, 2.75) is 45.2 Å². The second kappa shape index (κ2) is 7.92. The smallest absolute Gasteiger partial charge is 0.334 e. The van der Waals surface area contributed by atoms with E-state index in [-0.39, 0.29) is 27.0 Å². The van der Waals surface area contributed by atoms with E-state index in [1.165, 1.54) is 12.1 Å². The van der Waals surface area contributed by atoms with Crippen molar-refractivity contribution in [2.75, 3.05) is 0 Å². The molecular formula is C20H17Cl2F3N2O2. The first-order valence-electron chi connectivity index (χ1n) is 8.99. The number of hydrogen-bond donors (Lipinski definition) is 0. The van der Waals surface area contributed by atoms with Crippen LogP contribution in [0, 0.1) is 16.7 Å². The average molecular weight is 445 g/mol. The molecule has 0 atom stereocenters. The molecule has 29 heavy (non-hydrogen) atoms. The Kier molecular flexibility index (Phi) is 5.88. The molecule has 1 aliphatic rings. The Morgan fingerprint density at radius 3 is 2.28 bits per heavy atom. The Labute approximate surface area is 175 Å². The lowest BCUT2D eigenvalue weighted by Crippen LogP contribution is -2.37. The highest BCUT2D eigenvalue weighted by molar-refractivity contribution is 6.42. The highest BCUT2D eigenvalue weighted by Gasteiger charge is 2.38. The van der Waals surface area contributed by atoms with E-state index in [0.717, 1.165) is 36.1 Å². The molecule has 0 unspecified atom stereocenters. The molecule has 9 heteroatoms. The van der Waals surface area contributed by atoms with E-state index in [1.54, 1.807) is 6.92 Å². The molecule has 0 N–H and O–H groups in total. The highest BCUT2D eigenvalue weighted by Crippen LogP contribution is 2.40. The van der Waals surface area contributed by atoms with E-state index < -0.39 is 23.1 Å². The van der Waals surface area contributed by atoms with Gasteiger partial charge in [0.15, 0.2) is 5.15 Å². The second-order valence-electron chi connectivity index (χ2n) is 7.31. The minimum atomic E-state index is -4.50. The summed E-state index contributed by atoms with van der Waals surface area (Å²) in [7, 11) is 0. The fraction of sp³-hybridized carbons (Fsp3) is 0.400. The molecule has 1 saturated carbocycles. The number of hydrogen-bond acceptors (Lipinski definition) is 3. The summed E-state index contributed by atoms with van der Waals surface area (Å²) in [4.78, 5) is 18.4. The molecule has 1 aromatic heterocycles. The van der Waals surface area contributed by atoms with Crippen molar-refractivity contribution in [1.82, 2.24) is 4.73 Å². The van der Waals surface area contributed by atoms with Crippen molar-refractivity contribution < 1.29 is 22.8 Å². The molecule has 0 amide bonds. The number of aromatic nitrogens is 1. The monoisotopic (exact) mass is 444 g/mol. The lowest BCUT2D eigenvalue weighted by Gasteiger charge is -2.31. The van der Waals surface area contributed by atoms with Gasteiger partial charge in [0.05, 0.1) is 16.0 Å². The van der Waals surface area contributed by atoms with Gasteiger partial charge in [0, 0.05) is 5.56 Å². The maximum absolute atomic E-state index is 12.9. The van der Waals surface area contributed by atoms with Crippen molar-refractivity contribution in [3.8, 4) is 17.3 Å². The summed E-state index contributed by atoms with van der Waals surface area (Å²) in [5, 5.41) is 9.17. The fourth-order valence-corrected chi connectivity index (χ4v) is 3.91. The van der Waals surface area contributed by atoms with Gasteiger partial charge < -0.3 is 4.84 Å². The first-order chi connectivity index (χ1) is 13.6. The second-order valence-corrected chi connectivity index (χ2v) is 8.05. The van der Waals surface area contributed by atoms with Crippen LogP contribution in [0.25, 0.3) is 11.3 Å². The van der Waals surface area contributed by atoms with Gasteiger partial charge in [-0.3, -0.25) is 0 Å². The summed E-state index contributed by atoms with van der Waals surface area (Å²) in [5.41, 5.74) is -1.39. The number of benzene rings is 1. The summed E-state index contributed by atoms with van der Waals surface area (Å²) in [5.74, 6) is -0.525. The maximum Gasteiger partial charge on any atom is 0.416 e. The predicted octanol–water partition coefficient (Wildman–Crippen LogP) is 6.28. The van der Waals surface area contributed by atoms with E-state index in [4.69, 9.17) is 28.0 Å². The number of halogens is 5. The lowest BCUT2D eigenvalue weighted by molar-refractivity contribution is -0.157. The highest BCUT2D eigenvalue weighted by atomic mass is 35.5. The SMILES string of the molecule is CC1(C(=O)On2c(Cl)c(Cl)c(C#N)c2-c2ccc(C(F)(F)F)cc2)CCCCC1. The molecule has 0 saturated heterocycles. The number of carbonyl (C=O) groups is 1. The number of carbonyl (C=O) groups excluding carboxylic acids is 1. The molecule has 1 heterocycles. The molecule has 154 valence electrons. The molecule has 0 aliphatic heterocycles. The Balaban J connectivity index is 2.04. The zero-order chi connectivity index (χ0) is 21.4. The van der Waals surface area contributed by atoms with Gasteiger partial charge >= 0.3 is 12.1 Å². The topological polar surface area (TPSA) is 55.0 Å². The molecule has 1 aliphatic carbocycles. The molecular weight excluding hydrogens is 428 g/mol. The van der Waals surface area contributed by atoms with Crippen molar-refractivity contribution >= 4 is 29.2 Å². The summed E-state index contributed by atoms with van der Waals surface area (Å²) in [6.45, 7) is 1.80. The number of rotatable bonds is 3. The fourth-order valence-electron chi connectivity index (χ4n) is 3.49. The van der Waals surface area contributed by atoms with Gasteiger partial charge in [0.25, 0.3) is 0 Å². The molecule has 0 spiro atoms. The van der Waals surface area contributed by atoms with E-state index in [0.29, 0.717) is 12.8 Å². The van der Waals surface area contributed by atoms with Gasteiger partial charge in [-0.05, 0) is 31.9 Å². The molecule has 0 bridgehead atoms. The van der Waals surface area contributed by atoms with Crippen LogP contribution < -0.4 is 4.84 Å². The third-order valence-corrected chi connectivity index (χ3v) is 6.05. The zero-order valence-electron chi connectivity index (χ0n) is 15.4. The Morgan fingerprint density at radius 1 is 1.17 bits per heavy atom. The van der Waals surface area contributed by atoms with E-state index in [9.17, 15) is 23.2 Å². The summed E-state index contributed by atoms with van der Waals surface area (Å²) >= 11 is 12.3. The van der Waals surface area contributed by atoms with Crippen LogP contribution >= 0.6 is 23.2 Å². The van der Waals surface area contributed by atoms with Crippen molar-refractivity contribution in [2.24, 2.45) is 5.41 Å². The van der Waals surface area contributed by atoms with E-state index in [2.05, 4.69) is 0 Å². The minimum Gasteiger partial charge on any atom is -0.334 e. The number of nitriles is 1. The molecule has 3 rings (SSSR count). The zero-order valence-corrected chi connectivity index (χ0v) is 17.0. The first-order valence-corrected chi connectivity index (χ1v) is 9.74. The van der Waals surface area contributed by atoms with Gasteiger partial charge in [-0.2, -0.15) is 23.2 Å².